The Morgan fingerprint density at radius 3 is 2.52 bits per heavy atom. The zero-order valence-corrected chi connectivity index (χ0v) is 15.2. The van der Waals surface area contributed by atoms with E-state index in [4.69, 9.17) is 14.9 Å². The lowest BCUT2D eigenvalue weighted by atomic mass is 10.1. The van der Waals surface area contributed by atoms with Crippen LogP contribution in [0, 0.1) is 18.6 Å². The number of rotatable bonds is 7. The van der Waals surface area contributed by atoms with Crippen LogP contribution in [-0.4, -0.2) is 30.1 Å². The van der Waals surface area contributed by atoms with Gasteiger partial charge in [0.1, 0.15) is 16.9 Å². The van der Waals surface area contributed by atoms with Gasteiger partial charge in [0.15, 0.2) is 11.6 Å². The van der Waals surface area contributed by atoms with E-state index in [1.807, 2.05) is 0 Å². The Labute approximate surface area is 157 Å². The number of halogens is 2. The second kappa shape index (κ2) is 8.67. The number of nitrogens with two attached hydrogens (primary N) is 1. The molecule has 3 N–H and O–H groups in total. The van der Waals surface area contributed by atoms with Gasteiger partial charge in [-0.15, -0.1) is 11.8 Å². The number of furan rings is 1. The van der Waals surface area contributed by atoms with Crippen LogP contribution in [0.4, 0.5) is 14.7 Å². The van der Waals surface area contributed by atoms with Gasteiger partial charge in [-0.3, -0.25) is 14.9 Å². The molecule has 2 amide bonds. The van der Waals surface area contributed by atoms with Crippen LogP contribution in [0.2, 0.25) is 0 Å². The van der Waals surface area contributed by atoms with Crippen molar-refractivity contribution in [2.75, 3.05) is 17.7 Å². The summed E-state index contributed by atoms with van der Waals surface area (Å²) < 4.78 is 36.2. The van der Waals surface area contributed by atoms with Crippen molar-refractivity contribution in [2.24, 2.45) is 5.73 Å². The van der Waals surface area contributed by atoms with Crippen LogP contribution in [0.25, 0.3) is 0 Å². The van der Waals surface area contributed by atoms with Crippen LogP contribution >= 0.6 is 11.8 Å². The predicted octanol–water partition coefficient (Wildman–Crippen LogP) is 2.87. The minimum Gasteiger partial charge on any atom is -0.462 e. The molecule has 10 heteroatoms. The number of esters is 1. The van der Waals surface area contributed by atoms with Crippen molar-refractivity contribution in [3.05, 3.63) is 46.7 Å². The molecule has 2 aromatic rings. The Balaban J connectivity index is 2.15. The van der Waals surface area contributed by atoms with Crippen molar-refractivity contribution in [3.8, 4) is 0 Å². The van der Waals surface area contributed by atoms with Gasteiger partial charge in [-0.2, -0.15) is 0 Å². The van der Waals surface area contributed by atoms with Gasteiger partial charge in [0.25, 0.3) is 5.91 Å². The molecule has 144 valence electrons. The van der Waals surface area contributed by atoms with Crippen molar-refractivity contribution >= 4 is 35.4 Å². The number of thioether (sulfide) groups is 1. The average molecular weight is 398 g/mol. The number of benzene rings is 1. The van der Waals surface area contributed by atoms with Gasteiger partial charge in [-0.05, 0) is 32.0 Å². The first-order valence-electron chi connectivity index (χ1n) is 7.72. The molecular weight excluding hydrogens is 382 g/mol. The van der Waals surface area contributed by atoms with Crippen LogP contribution in [0.15, 0.2) is 27.5 Å². The predicted molar refractivity (Wildman–Crippen MR) is 93.6 cm³/mol. The fourth-order valence-corrected chi connectivity index (χ4v) is 2.92. The Bertz CT molecular complexity index is 898. The number of carbonyl (C=O) groups excluding carboxylic acids is 3. The summed E-state index contributed by atoms with van der Waals surface area (Å²) in [5, 5.41) is 2.34. The van der Waals surface area contributed by atoms with Crippen molar-refractivity contribution in [1.29, 1.82) is 0 Å². The van der Waals surface area contributed by atoms with E-state index in [2.05, 4.69) is 5.32 Å². The Morgan fingerprint density at radius 2 is 1.93 bits per heavy atom. The van der Waals surface area contributed by atoms with Crippen molar-refractivity contribution in [2.45, 2.75) is 18.7 Å². The van der Waals surface area contributed by atoms with E-state index in [1.54, 1.807) is 6.92 Å². The monoisotopic (exact) mass is 398 g/mol. The van der Waals surface area contributed by atoms with Gasteiger partial charge in [0.05, 0.1) is 12.4 Å². The molecule has 1 heterocycles. The lowest BCUT2D eigenvalue weighted by Crippen LogP contribution is -2.21. The molecule has 1 aromatic heterocycles. The lowest BCUT2D eigenvalue weighted by Gasteiger charge is -2.05. The third-order valence-corrected chi connectivity index (χ3v) is 4.32. The number of hydrogen-bond donors (Lipinski definition) is 2. The smallest absolute Gasteiger partial charge is 0.342 e. The minimum absolute atomic E-state index is 0.0609. The second-order valence-corrected chi connectivity index (χ2v) is 6.28. The summed E-state index contributed by atoms with van der Waals surface area (Å²) in [5.41, 5.74) is 4.84. The van der Waals surface area contributed by atoms with Gasteiger partial charge < -0.3 is 14.9 Å². The number of nitrogens with one attached hydrogen (secondary N) is 1. The number of aryl methyl sites for hydroxylation is 1. The molecule has 1 aromatic carbocycles. The molecule has 0 spiro atoms. The highest BCUT2D eigenvalue weighted by molar-refractivity contribution is 8.00. The van der Waals surface area contributed by atoms with E-state index >= 15 is 0 Å². The fraction of sp³-hybridized carbons (Fsp3) is 0.235. The van der Waals surface area contributed by atoms with E-state index in [0.29, 0.717) is 4.90 Å². The molecule has 2 rings (SSSR count). The molecule has 0 aliphatic carbocycles. The molecule has 0 aliphatic heterocycles. The summed E-state index contributed by atoms with van der Waals surface area (Å²) in [6, 6.07) is 3.22. The van der Waals surface area contributed by atoms with E-state index in [1.165, 1.54) is 13.0 Å². The molecule has 0 fully saturated rings. The maximum atomic E-state index is 13.2. The minimum atomic E-state index is -1.03. The van der Waals surface area contributed by atoms with E-state index in [-0.39, 0.29) is 35.1 Å². The summed E-state index contributed by atoms with van der Waals surface area (Å²) in [7, 11) is 0. The molecule has 0 unspecified atom stereocenters. The van der Waals surface area contributed by atoms with Crippen LogP contribution in [0.1, 0.15) is 33.4 Å². The number of carbonyl (C=O) groups is 3. The van der Waals surface area contributed by atoms with E-state index in [9.17, 15) is 23.2 Å². The number of hydrogen-bond acceptors (Lipinski definition) is 6. The summed E-state index contributed by atoms with van der Waals surface area (Å²) >= 11 is 0.942. The fourth-order valence-electron chi connectivity index (χ4n) is 2.20. The first-order valence-corrected chi connectivity index (χ1v) is 8.71. The average Bonchev–Trinajstić information content (AvgIpc) is 2.92. The molecular formula is C17H16F2N2O5S. The molecule has 0 saturated carbocycles. The molecule has 0 atom stereocenters. The SMILES string of the molecule is CCOC(=O)c1c(C)oc(NC(=O)CSc2ccc(F)c(F)c2)c1C(N)=O. The van der Waals surface area contributed by atoms with Crippen molar-refractivity contribution in [3.63, 3.8) is 0 Å². The highest BCUT2D eigenvalue weighted by Gasteiger charge is 2.29. The largest absolute Gasteiger partial charge is 0.462 e. The first kappa shape index (κ1) is 20.4. The summed E-state index contributed by atoms with van der Waals surface area (Å²) in [6.45, 7) is 3.09. The molecule has 0 bridgehead atoms. The van der Waals surface area contributed by atoms with Crippen LogP contribution in [0.5, 0.6) is 0 Å². The second-order valence-electron chi connectivity index (χ2n) is 5.23. The van der Waals surface area contributed by atoms with E-state index in [0.717, 1.165) is 23.9 Å². The topological polar surface area (TPSA) is 112 Å². The number of primary amides is 1. The highest BCUT2D eigenvalue weighted by atomic mass is 32.2. The van der Waals surface area contributed by atoms with Crippen LogP contribution in [0.3, 0.4) is 0 Å². The number of amides is 2. The van der Waals surface area contributed by atoms with E-state index < -0.39 is 29.4 Å². The molecule has 0 aliphatic rings. The van der Waals surface area contributed by atoms with Gasteiger partial charge in [-0.25, -0.2) is 13.6 Å². The Morgan fingerprint density at radius 1 is 1.22 bits per heavy atom. The summed E-state index contributed by atoms with van der Waals surface area (Å²) in [4.78, 5) is 36.1. The summed E-state index contributed by atoms with van der Waals surface area (Å²) in [6.07, 6.45) is 0. The van der Waals surface area contributed by atoms with Crippen molar-refractivity contribution in [1.82, 2.24) is 0 Å². The third-order valence-electron chi connectivity index (χ3n) is 3.32. The normalized spacial score (nSPS) is 10.5. The van der Waals surface area contributed by atoms with Crippen molar-refractivity contribution < 1.29 is 32.3 Å². The Hall–Kier alpha value is -2.88. The highest BCUT2D eigenvalue weighted by Crippen LogP contribution is 2.28. The molecule has 7 nitrogen and oxygen atoms in total. The molecule has 0 radical (unpaired) electrons. The molecule has 0 saturated heterocycles. The van der Waals surface area contributed by atoms with Crippen LogP contribution in [-0.2, 0) is 9.53 Å². The van der Waals surface area contributed by atoms with Gasteiger partial charge in [-0.1, -0.05) is 0 Å². The van der Waals surface area contributed by atoms with Gasteiger partial charge >= 0.3 is 5.97 Å². The first-order chi connectivity index (χ1) is 12.7. The molecule has 27 heavy (non-hydrogen) atoms. The maximum absolute atomic E-state index is 13.2. The summed E-state index contributed by atoms with van der Waals surface area (Å²) in [5.74, 6) is -4.80. The maximum Gasteiger partial charge on any atom is 0.342 e. The quantitative estimate of drug-likeness (QED) is 0.548. The number of ether oxygens (including phenoxy) is 1. The van der Waals surface area contributed by atoms with Gasteiger partial charge in [0, 0.05) is 4.90 Å². The Kier molecular flexibility index (Phi) is 6.56. The van der Waals surface area contributed by atoms with Crippen LogP contribution < -0.4 is 11.1 Å². The lowest BCUT2D eigenvalue weighted by molar-refractivity contribution is -0.113. The number of anilines is 1. The zero-order chi connectivity index (χ0) is 20.1. The third kappa shape index (κ3) is 4.85. The standard InChI is InChI=1S/C17H16F2N2O5S/c1-3-25-17(24)13-8(2)26-16(14(13)15(20)23)21-12(22)7-27-9-4-5-10(18)11(19)6-9/h4-6H,3,7H2,1-2H3,(H2,20,23)(H,21,22). The zero-order valence-electron chi connectivity index (χ0n) is 14.4. The van der Waals surface area contributed by atoms with Gasteiger partial charge in [0.2, 0.25) is 11.8 Å².